The number of carbonyl (C=O) groups excluding carboxylic acids is 1. The maximum Gasteiger partial charge on any atom is 0.416 e. The fourth-order valence-electron chi connectivity index (χ4n) is 4.35. The average Bonchev–Trinajstić information content (AvgIpc) is 2.86. The molecule has 2 heterocycles. The van der Waals surface area contributed by atoms with Crippen molar-refractivity contribution in [3.8, 4) is 0 Å². The van der Waals surface area contributed by atoms with Crippen molar-refractivity contribution in [3.05, 3.63) is 92.4 Å². The summed E-state index contributed by atoms with van der Waals surface area (Å²) in [5.74, 6) is 0.256. The highest BCUT2D eigenvalue weighted by Gasteiger charge is 2.30. The molecule has 0 bridgehead atoms. The molecule has 1 aliphatic rings. The van der Waals surface area contributed by atoms with Crippen LogP contribution in [0.5, 0.6) is 0 Å². The van der Waals surface area contributed by atoms with Crippen molar-refractivity contribution >= 4 is 11.9 Å². The van der Waals surface area contributed by atoms with Crippen molar-refractivity contribution in [1.82, 2.24) is 14.5 Å². The van der Waals surface area contributed by atoms with Crippen LogP contribution < -0.4 is 10.9 Å². The first-order valence-corrected chi connectivity index (χ1v) is 12.0. The van der Waals surface area contributed by atoms with E-state index in [-0.39, 0.29) is 24.1 Å². The van der Waals surface area contributed by atoms with Crippen LogP contribution in [0.3, 0.4) is 0 Å². The van der Waals surface area contributed by atoms with Gasteiger partial charge in [-0.15, -0.1) is 0 Å². The molecule has 0 fully saturated rings. The van der Waals surface area contributed by atoms with Crippen LogP contribution in [0.4, 0.5) is 19.1 Å². The van der Waals surface area contributed by atoms with Crippen molar-refractivity contribution in [2.75, 3.05) is 11.9 Å². The van der Waals surface area contributed by atoms with Crippen LogP contribution in [0.2, 0.25) is 0 Å². The Balaban J connectivity index is 1.59. The molecule has 4 rings (SSSR count). The first kappa shape index (κ1) is 25.5. The molecule has 0 spiro atoms. The third kappa shape index (κ3) is 5.29. The number of halogens is 3. The quantitative estimate of drug-likeness (QED) is 0.498. The SMILES string of the molecule is CCCn1c(N[C@@H](C)c2ccc(C(F)(F)F)cc2)nc2c(c1=O)CN(C(=O)c1ccc(C)cc1)CC2. The first-order valence-electron chi connectivity index (χ1n) is 12.0. The molecule has 0 saturated heterocycles. The lowest BCUT2D eigenvalue weighted by Gasteiger charge is -2.29. The van der Waals surface area contributed by atoms with E-state index in [1.165, 1.54) is 12.1 Å². The van der Waals surface area contributed by atoms with Gasteiger partial charge in [-0.3, -0.25) is 14.2 Å². The molecule has 9 heteroatoms. The standard InChI is InChI=1S/C27H29F3N4O2/c1-4-14-34-25(36)22-16-33(24(35)20-7-5-17(2)6-8-20)15-13-23(22)32-26(34)31-18(3)19-9-11-21(12-10-19)27(28,29)30/h5-12,18H,4,13-16H2,1-3H3,(H,31,32)/t18-/m0/s1. The fraction of sp³-hybridized carbons (Fsp3) is 0.370. The lowest BCUT2D eigenvalue weighted by atomic mass is 10.0. The lowest BCUT2D eigenvalue weighted by molar-refractivity contribution is -0.137. The van der Waals surface area contributed by atoms with Crippen LogP contribution in [0.25, 0.3) is 0 Å². The topological polar surface area (TPSA) is 67.2 Å². The summed E-state index contributed by atoms with van der Waals surface area (Å²) in [4.78, 5) is 32.9. The molecule has 0 unspecified atom stereocenters. The first-order chi connectivity index (χ1) is 17.1. The Bertz CT molecular complexity index is 1300. The van der Waals surface area contributed by atoms with Crippen LogP contribution in [0.1, 0.15) is 64.6 Å². The number of hydrogen-bond acceptors (Lipinski definition) is 4. The Morgan fingerprint density at radius 3 is 2.39 bits per heavy atom. The van der Waals surface area contributed by atoms with Crippen LogP contribution in [0.15, 0.2) is 53.3 Å². The number of fused-ring (bicyclic) bond motifs is 1. The van der Waals surface area contributed by atoms with Gasteiger partial charge in [-0.05, 0) is 50.1 Å². The van der Waals surface area contributed by atoms with Crippen LogP contribution in [0, 0.1) is 6.92 Å². The molecule has 1 aromatic heterocycles. The van der Waals surface area contributed by atoms with Gasteiger partial charge in [0.05, 0.1) is 29.4 Å². The number of carbonyl (C=O) groups is 1. The molecule has 1 atom stereocenters. The molecule has 36 heavy (non-hydrogen) atoms. The number of aromatic nitrogens is 2. The molecule has 190 valence electrons. The van der Waals surface area contributed by atoms with E-state index in [1.54, 1.807) is 21.6 Å². The number of nitrogens with one attached hydrogen (secondary N) is 1. The summed E-state index contributed by atoms with van der Waals surface area (Å²) < 4.78 is 40.3. The number of aryl methyl sites for hydroxylation is 1. The van der Waals surface area contributed by atoms with E-state index in [0.717, 1.165) is 17.7 Å². The zero-order chi connectivity index (χ0) is 26.0. The van der Waals surface area contributed by atoms with E-state index < -0.39 is 11.7 Å². The van der Waals surface area contributed by atoms with E-state index in [9.17, 15) is 22.8 Å². The zero-order valence-electron chi connectivity index (χ0n) is 20.5. The minimum atomic E-state index is -4.40. The van der Waals surface area contributed by atoms with Crippen molar-refractivity contribution in [2.45, 2.75) is 58.9 Å². The number of anilines is 1. The second-order valence-corrected chi connectivity index (χ2v) is 9.15. The van der Waals surface area contributed by atoms with Crippen molar-refractivity contribution in [2.24, 2.45) is 0 Å². The van der Waals surface area contributed by atoms with E-state index in [1.807, 2.05) is 32.9 Å². The maximum absolute atomic E-state index is 13.5. The number of rotatable bonds is 6. The highest BCUT2D eigenvalue weighted by Crippen LogP contribution is 2.30. The van der Waals surface area contributed by atoms with E-state index in [2.05, 4.69) is 5.32 Å². The van der Waals surface area contributed by atoms with Crippen LogP contribution in [-0.4, -0.2) is 26.9 Å². The Morgan fingerprint density at radius 2 is 1.78 bits per heavy atom. The summed E-state index contributed by atoms with van der Waals surface area (Å²) >= 11 is 0. The Labute approximate surface area is 207 Å². The van der Waals surface area contributed by atoms with Gasteiger partial charge in [-0.1, -0.05) is 36.8 Å². The van der Waals surface area contributed by atoms with Gasteiger partial charge in [-0.25, -0.2) is 4.98 Å². The van der Waals surface area contributed by atoms with Gasteiger partial charge in [0.2, 0.25) is 5.95 Å². The monoisotopic (exact) mass is 498 g/mol. The third-order valence-electron chi connectivity index (χ3n) is 6.43. The molecule has 0 radical (unpaired) electrons. The minimum absolute atomic E-state index is 0.125. The van der Waals surface area contributed by atoms with Gasteiger partial charge in [-0.2, -0.15) is 13.2 Å². The Kier molecular flexibility index (Phi) is 7.19. The summed E-state index contributed by atoms with van der Waals surface area (Å²) in [5, 5.41) is 3.22. The summed E-state index contributed by atoms with van der Waals surface area (Å²) in [6, 6.07) is 11.9. The van der Waals surface area contributed by atoms with Gasteiger partial charge >= 0.3 is 6.18 Å². The molecule has 3 aromatic rings. The van der Waals surface area contributed by atoms with Gasteiger partial charge in [0.25, 0.3) is 11.5 Å². The summed E-state index contributed by atoms with van der Waals surface area (Å²) in [5.41, 5.74) is 2.52. The van der Waals surface area contributed by atoms with Gasteiger partial charge in [0.15, 0.2) is 0 Å². The normalized spacial score (nSPS) is 14.3. The molecule has 6 nitrogen and oxygen atoms in total. The van der Waals surface area contributed by atoms with Gasteiger partial charge in [0.1, 0.15) is 0 Å². The Hall–Kier alpha value is -3.62. The molecule has 0 aliphatic carbocycles. The molecular weight excluding hydrogens is 469 g/mol. The highest BCUT2D eigenvalue weighted by atomic mass is 19.4. The van der Waals surface area contributed by atoms with Crippen LogP contribution in [-0.2, 0) is 25.7 Å². The predicted octanol–water partition coefficient (Wildman–Crippen LogP) is 5.35. The van der Waals surface area contributed by atoms with Gasteiger partial charge < -0.3 is 10.2 Å². The minimum Gasteiger partial charge on any atom is -0.349 e. The van der Waals surface area contributed by atoms with E-state index in [0.29, 0.717) is 54.3 Å². The zero-order valence-corrected chi connectivity index (χ0v) is 20.5. The molecule has 1 aliphatic heterocycles. The highest BCUT2D eigenvalue weighted by molar-refractivity contribution is 5.94. The summed E-state index contributed by atoms with van der Waals surface area (Å²) in [6.07, 6.45) is -3.26. The molecule has 0 saturated carbocycles. The maximum atomic E-state index is 13.5. The summed E-state index contributed by atoms with van der Waals surface area (Å²) in [7, 11) is 0. The number of benzene rings is 2. The largest absolute Gasteiger partial charge is 0.416 e. The summed E-state index contributed by atoms with van der Waals surface area (Å²) in [6.45, 7) is 6.77. The smallest absolute Gasteiger partial charge is 0.349 e. The molecule has 2 aromatic carbocycles. The third-order valence-corrected chi connectivity index (χ3v) is 6.43. The number of amides is 1. The second kappa shape index (κ2) is 10.2. The van der Waals surface area contributed by atoms with E-state index >= 15 is 0 Å². The second-order valence-electron chi connectivity index (χ2n) is 9.15. The fourth-order valence-corrected chi connectivity index (χ4v) is 4.35. The van der Waals surface area contributed by atoms with Crippen molar-refractivity contribution in [3.63, 3.8) is 0 Å². The lowest BCUT2D eigenvalue weighted by Crippen LogP contribution is -2.41. The predicted molar refractivity (Wildman–Crippen MR) is 132 cm³/mol. The van der Waals surface area contributed by atoms with Crippen molar-refractivity contribution in [1.29, 1.82) is 0 Å². The van der Waals surface area contributed by atoms with Crippen LogP contribution >= 0.6 is 0 Å². The number of alkyl halides is 3. The number of nitrogens with zero attached hydrogens (tertiary/aromatic N) is 3. The molecule has 1 amide bonds. The molecular formula is C27H29F3N4O2. The van der Waals surface area contributed by atoms with Gasteiger partial charge in [0, 0.05) is 25.1 Å². The number of hydrogen-bond donors (Lipinski definition) is 1. The van der Waals surface area contributed by atoms with Crippen molar-refractivity contribution < 1.29 is 18.0 Å². The Morgan fingerprint density at radius 1 is 1.11 bits per heavy atom. The molecule has 1 N–H and O–H groups in total. The van der Waals surface area contributed by atoms with E-state index in [4.69, 9.17) is 4.98 Å². The average molecular weight is 499 g/mol.